The summed E-state index contributed by atoms with van der Waals surface area (Å²) in [7, 11) is 0. The molecular formula is C11H10ClFN2O2. The summed E-state index contributed by atoms with van der Waals surface area (Å²) in [6, 6.07) is 3.72. The van der Waals surface area contributed by atoms with Gasteiger partial charge < -0.3 is 10.6 Å². The molecule has 1 unspecified atom stereocenters. The normalized spacial score (nSPS) is 18.9. The van der Waals surface area contributed by atoms with Crippen molar-refractivity contribution in [2.24, 2.45) is 5.92 Å². The highest BCUT2D eigenvalue weighted by Crippen LogP contribution is 2.23. The zero-order valence-electron chi connectivity index (χ0n) is 8.80. The van der Waals surface area contributed by atoms with E-state index in [1.807, 2.05) is 0 Å². The third-order valence-electron chi connectivity index (χ3n) is 2.53. The van der Waals surface area contributed by atoms with Crippen LogP contribution in [0, 0.1) is 11.7 Å². The molecule has 1 saturated heterocycles. The molecule has 90 valence electrons. The molecule has 1 heterocycles. The van der Waals surface area contributed by atoms with Gasteiger partial charge in [0.25, 0.3) is 0 Å². The zero-order valence-corrected chi connectivity index (χ0v) is 9.55. The predicted octanol–water partition coefficient (Wildman–Crippen LogP) is 1.55. The summed E-state index contributed by atoms with van der Waals surface area (Å²) < 4.78 is 13.0. The van der Waals surface area contributed by atoms with Crippen LogP contribution in [0.3, 0.4) is 0 Å². The van der Waals surface area contributed by atoms with Crippen LogP contribution in [0.4, 0.5) is 10.1 Å². The SMILES string of the molecule is O=C1CC(C(=O)Nc2cc(F)ccc2Cl)CN1. The number of halogens is 2. The molecule has 4 nitrogen and oxygen atoms in total. The minimum atomic E-state index is -0.481. The Kier molecular flexibility index (Phi) is 3.28. The van der Waals surface area contributed by atoms with Crippen molar-refractivity contribution < 1.29 is 14.0 Å². The molecule has 1 atom stereocenters. The summed E-state index contributed by atoms with van der Waals surface area (Å²) in [4.78, 5) is 22.7. The summed E-state index contributed by atoms with van der Waals surface area (Å²) in [5.74, 6) is -1.40. The van der Waals surface area contributed by atoms with E-state index in [2.05, 4.69) is 10.6 Å². The lowest BCUT2D eigenvalue weighted by molar-refractivity contribution is -0.123. The second kappa shape index (κ2) is 4.71. The van der Waals surface area contributed by atoms with Crippen molar-refractivity contribution in [3.05, 3.63) is 29.0 Å². The van der Waals surface area contributed by atoms with Gasteiger partial charge in [0.15, 0.2) is 0 Å². The van der Waals surface area contributed by atoms with Gasteiger partial charge in [-0.25, -0.2) is 4.39 Å². The lowest BCUT2D eigenvalue weighted by Gasteiger charge is -2.10. The van der Waals surface area contributed by atoms with Crippen molar-refractivity contribution in [3.8, 4) is 0 Å². The molecule has 1 fully saturated rings. The molecule has 2 N–H and O–H groups in total. The number of amides is 2. The molecule has 1 aromatic carbocycles. The van der Waals surface area contributed by atoms with E-state index in [4.69, 9.17) is 11.6 Å². The Labute approximate surface area is 102 Å². The second-order valence-corrected chi connectivity index (χ2v) is 4.23. The first kappa shape index (κ1) is 11.9. The lowest BCUT2D eigenvalue weighted by Crippen LogP contribution is -2.24. The molecule has 1 aliphatic heterocycles. The van der Waals surface area contributed by atoms with Crippen molar-refractivity contribution in [1.82, 2.24) is 5.32 Å². The number of nitrogens with one attached hydrogen (secondary N) is 2. The fraction of sp³-hybridized carbons (Fsp3) is 0.273. The van der Waals surface area contributed by atoms with Crippen molar-refractivity contribution in [1.29, 1.82) is 0 Å². The average Bonchev–Trinajstić information content (AvgIpc) is 2.70. The molecule has 0 saturated carbocycles. The fourth-order valence-electron chi connectivity index (χ4n) is 1.62. The maximum absolute atomic E-state index is 13.0. The Bertz CT molecular complexity index is 479. The molecule has 1 aliphatic rings. The first-order chi connectivity index (χ1) is 8.06. The standard InChI is InChI=1S/C11H10ClFN2O2/c12-8-2-1-7(13)4-9(8)15-11(17)6-3-10(16)14-5-6/h1-2,4,6H,3,5H2,(H,14,16)(H,15,17). The number of benzene rings is 1. The first-order valence-corrected chi connectivity index (χ1v) is 5.46. The van der Waals surface area contributed by atoms with Gasteiger partial charge in [-0.05, 0) is 18.2 Å². The lowest BCUT2D eigenvalue weighted by atomic mass is 10.1. The monoisotopic (exact) mass is 256 g/mol. The molecule has 0 aliphatic carbocycles. The molecule has 2 rings (SSSR count). The Morgan fingerprint density at radius 2 is 2.29 bits per heavy atom. The molecule has 6 heteroatoms. The molecule has 2 amide bonds. The van der Waals surface area contributed by atoms with Crippen LogP contribution in [0.15, 0.2) is 18.2 Å². The van der Waals surface area contributed by atoms with Crippen LogP contribution < -0.4 is 10.6 Å². The van der Waals surface area contributed by atoms with E-state index in [1.165, 1.54) is 12.1 Å². The summed E-state index contributed by atoms with van der Waals surface area (Å²) in [5, 5.41) is 5.33. The van der Waals surface area contributed by atoms with Gasteiger partial charge in [-0.2, -0.15) is 0 Å². The summed E-state index contributed by atoms with van der Waals surface area (Å²) in [6.07, 6.45) is 0.152. The average molecular weight is 257 g/mol. The maximum Gasteiger partial charge on any atom is 0.229 e. The Morgan fingerprint density at radius 3 is 2.94 bits per heavy atom. The largest absolute Gasteiger partial charge is 0.355 e. The Balaban J connectivity index is 2.07. The van der Waals surface area contributed by atoms with Crippen LogP contribution in [-0.4, -0.2) is 18.4 Å². The molecule has 0 radical (unpaired) electrons. The van der Waals surface area contributed by atoms with Crippen LogP contribution in [0.1, 0.15) is 6.42 Å². The zero-order chi connectivity index (χ0) is 12.4. The molecule has 17 heavy (non-hydrogen) atoms. The third-order valence-corrected chi connectivity index (χ3v) is 2.86. The number of anilines is 1. The van der Waals surface area contributed by atoms with Crippen molar-refractivity contribution in [2.45, 2.75) is 6.42 Å². The highest BCUT2D eigenvalue weighted by molar-refractivity contribution is 6.33. The van der Waals surface area contributed by atoms with Crippen LogP contribution in [0.5, 0.6) is 0 Å². The van der Waals surface area contributed by atoms with Crippen LogP contribution in [0.2, 0.25) is 5.02 Å². The molecule has 1 aromatic rings. The number of hydrogen-bond donors (Lipinski definition) is 2. The van der Waals surface area contributed by atoms with Crippen LogP contribution >= 0.6 is 11.6 Å². The topological polar surface area (TPSA) is 58.2 Å². The highest BCUT2D eigenvalue weighted by atomic mass is 35.5. The minimum absolute atomic E-state index is 0.152. The van der Waals surface area contributed by atoms with Gasteiger partial charge in [-0.3, -0.25) is 9.59 Å². The Hall–Kier alpha value is -1.62. The number of hydrogen-bond acceptors (Lipinski definition) is 2. The van der Waals surface area contributed by atoms with Gasteiger partial charge in [0.2, 0.25) is 11.8 Å². The van der Waals surface area contributed by atoms with Crippen LogP contribution in [0.25, 0.3) is 0 Å². The van der Waals surface area contributed by atoms with Gasteiger partial charge in [0.1, 0.15) is 5.82 Å². The van der Waals surface area contributed by atoms with Gasteiger partial charge in [-0.15, -0.1) is 0 Å². The van der Waals surface area contributed by atoms with E-state index in [0.717, 1.165) is 6.07 Å². The minimum Gasteiger partial charge on any atom is -0.355 e. The fourth-order valence-corrected chi connectivity index (χ4v) is 1.78. The maximum atomic E-state index is 13.0. The number of rotatable bonds is 2. The van der Waals surface area contributed by atoms with Crippen LogP contribution in [-0.2, 0) is 9.59 Å². The van der Waals surface area contributed by atoms with E-state index in [0.29, 0.717) is 6.54 Å². The number of carbonyl (C=O) groups is 2. The first-order valence-electron chi connectivity index (χ1n) is 5.09. The van der Waals surface area contributed by atoms with E-state index in [1.54, 1.807) is 0 Å². The van der Waals surface area contributed by atoms with E-state index in [9.17, 15) is 14.0 Å². The van der Waals surface area contributed by atoms with E-state index >= 15 is 0 Å². The summed E-state index contributed by atoms with van der Waals surface area (Å²) in [6.45, 7) is 0.303. The Morgan fingerprint density at radius 1 is 1.53 bits per heavy atom. The molecule has 0 spiro atoms. The predicted molar refractivity (Wildman–Crippen MR) is 61.2 cm³/mol. The summed E-state index contributed by atoms with van der Waals surface area (Å²) in [5.41, 5.74) is 0.219. The van der Waals surface area contributed by atoms with Crippen molar-refractivity contribution in [3.63, 3.8) is 0 Å². The smallest absolute Gasteiger partial charge is 0.229 e. The van der Waals surface area contributed by atoms with E-state index in [-0.39, 0.29) is 28.9 Å². The van der Waals surface area contributed by atoms with E-state index < -0.39 is 11.7 Å². The van der Waals surface area contributed by atoms with Gasteiger partial charge in [0, 0.05) is 13.0 Å². The van der Waals surface area contributed by atoms with Crippen molar-refractivity contribution in [2.75, 3.05) is 11.9 Å². The van der Waals surface area contributed by atoms with Gasteiger partial charge in [0.05, 0.1) is 16.6 Å². The quantitative estimate of drug-likeness (QED) is 0.844. The van der Waals surface area contributed by atoms with Gasteiger partial charge in [-0.1, -0.05) is 11.6 Å². The molecular weight excluding hydrogens is 247 g/mol. The third kappa shape index (κ3) is 2.74. The number of carbonyl (C=O) groups excluding carboxylic acids is 2. The van der Waals surface area contributed by atoms with Crippen molar-refractivity contribution >= 4 is 29.1 Å². The summed E-state index contributed by atoms with van der Waals surface area (Å²) >= 11 is 5.81. The molecule has 0 aromatic heterocycles. The van der Waals surface area contributed by atoms with Gasteiger partial charge >= 0.3 is 0 Å². The highest BCUT2D eigenvalue weighted by Gasteiger charge is 2.28. The molecule has 0 bridgehead atoms. The second-order valence-electron chi connectivity index (χ2n) is 3.82.